The van der Waals surface area contributed by atoms with E-state index in [1.54, 1.807) is 0 Å². The first kappa shape index (κ1) is 20.2. The average Bonchev–Trinajstić information content (AvgIpc) is 3.16. The van der Waals surface area contributed by atoms with Gasteiger partial charge in [-0.05, 0) is 42.7 Å². The number of ether oxygens (including phenoxy) is 2. The van der Waals surface area contributed by atoms with Gasteiger partial charge < -0.3 is 14.8 Å². The van der Waals surface area contributed by atoms with Crippen LogP contribution < -0.4 is 10.1 Å². The van der Waals surface area contributed by atoms with Gasteiger partial charge >= 0.3 is 0 Å². The maximum absolute atomic E-state index is 13.4. The fourth-order valence-electron chi connectivity index (χ4n) is 2.95. The molecule has 1 N–H and O–H groups in total. The Morgan fingerprint density at radius 1 is 1.21 bits per heavy atom. The standard InChI is InChI=1S/C19H19F2NO5S/c1-26-18-5-3-14(28(24,25)11-12-6-7-27-10-12)9-15(18)19(23)22-13-2-4-16(20)17(21)8-13/h2-5,8-9,12H,6-7,10-11H2,1H3,(H,22,23)/t12-/m0/s1. The molecule has 2 aromatic rings. The summed E-state index contributed by atoms with van der Waals surface area (Å²) in [4.78, 5) is 12.6. The summed E-state index contributed by atoms with van der Waals surface area (Å²) in [6.45, 7) is 0.920. The summed E-state index contributed by atoms with van der Waals surface area (Å²) in [6.07, 6.45) is 0.666. The molecular formula is C19H19F2NO5S. The third kappa shape index (κ3) is 4.48. The van der Waals surface area contributed by atoms with Crippen LogP contribution in [0.15, 0.2) is 41.3 Å². The molecule has 1 aliphatic heterocycles. The normalized spacial score (nSPS) is 16.8. The fourth-order valence-corrected chi connectivity index (χ4v) is 4.60. The zero-order valence-corrected chi connectivity index (χ0v) is 15.9. The summed E-state index contributed by atoms with van der Waals surface area (Å²) in [5.74, 6) is -2.87. The zero-order valence-electron chi connectivity index (χ0n) is 15.1. The van der Waals surface area contributed by atoms with Gasteiger partial charge in [0.25, 0.3) is 5.91 Å². The second kappa shape index (κ2) is 8.24. The topological polar surface area (TPSA) is 81.7 Å². The van der Waals surface area contributed by atoms with E-state index in [0.717, 1.165) is 12.1 Å². The van der Waals surface area contributed by atoms with E-state index in [1.807, 2.05) is 0 Å². The van der Waals surface area contributed by atoms with E-state index in [4.69, 9.17) is 9.47 Å². The molecule has 1 aliphatic rings. The highest BCUT2D eigenvalue weighted by Crippen LogP contribution is 2.26. The predicted octanol–water partition coefficient (Wildman–Crippen LogP) is 3.04. The van der Waals surface area contributed by atoms with Crippen molar-refractivity contribution >= 4 is 21.4 Å². The third-order valence-electron chi connectivity index (χ3n) is 4.43. The lowest BCUT2D eigenvalue weighted by molar-refractivity contribution is 0.102. The predicted molar refractivity (Wildman–Crippen MR) is 98.3 cm³/mol. The first-order chi connectivity index (χ1) is 13.3. The number of nitrogens with one attached hydrogen (secondary N) is 1. The van der Waals surface area contributed by atoms with Crippen LogP contribution in [0.3, 0.4) is 0 Å². The lowest BCUT2D eigenvalue weighted by Crippen LogP contribution is -2.18. The Hall–Kier alpha value is -2.52. The van der Waals surface area contributed by atoms with Crippen LogP contribution in [0.5, 0.6) is 5.75 Å². The van der Waals surface area contributed by atoms with Crippen LogP contribution in [0.1, 0.15) is 16.8 Å². The molecule has 0 saturated carbocycles. The molecule has 1 heterocycles. The van der Waals surface area contributed by atoms with Crippen LogP contribution in [0.2, 0.25) is 0 Å². The number of rotatable bonds is 6. The lowest BCUT2D eigenvalue weighted by Gasteiger charge is -2.13. The number of hydrogen-bond donors (Lipinski definition) is 1. The van der Waals surface area contributed by atoms with Gasteiger partial charge in [0.2, 0.25) is 0 Å². The van der Waals surface area contributed by atoms with Gasteiger partial charge in [-0.2, -0.15) is 0 Å². The molecule has 1 atom stereocenters. The Morgan fingerprint density at radius 3 is 2.64 bits per heavy atom. The van der Waals surface area contributed by atoms with E-state index in [9.17, 15) is 22.0 Å². The largest absolute Gasteiger partial charge is 0.496 e. The van der Waals surface area contributed by atoms with Crippen LogP contribution in [0.25, 0.3) is 0 Å². The molecule has 0 unspecified atom stereocenters. The summed E-state index contributed by atoms with van der Waals surface area (Å²) in [6, 6.07) is 6.90. The molecule has 6 nitrogen and oxygen atoms in total. The Bertz CT molecular complexity index is 988. The van der Waals surface area contributed by atoms with Crippen LogP contribution in [-0.4, -0.2) is 40.4 Å². The van der Waals surface area contributed by atoms with E-state index in [0.29, 0.717) is 19.6 Å². The molecule has 150 valence electrons. The molecule has 2 aromatic carbocycles. The number of amides is 1. The van der Waals surface area contributed by atoms with Crippen molar-refractivity contribution in [1.29, 1.82) is 0 Å². The Kier molecular flexibility index (Phi) is 5.95. The molecule has 1 amide bonds. The minimum atomic E-state index is -3.64. The molecular weight excluding hydrogens is 392 g/mol. The summed E-state index contributed by atoms with van der Waals surface area (Å²) in [7, 11) is -2.29. The van der Waals surface area contributed by atoms with Crippen molar-refractivity contribution in [2.75, 3.05) is 31.4 Å². The molecule has 0 bridgehead atoms. The van der Waals surface area contributed by atoms with Crippen molar-refractivity contribution in [1.82, 2.24) is 0 Å². The molecule has 0 aromatic heterocycles. The lowest BCUT2D eigenvalue weighted by atomic mass is 10.1. The second-order valence-electron chi connectivity index (χ2n) is 6.46. The van der Waals surface area contributed by atoms with Crippen molar-refractivity contribution in [3.8, 4) is 5.75 Å². The summed E-state index contributed by atoms with van der Waals surface area (Å²) >= 11 is 0. The number of anilines is 1. The van der Waals surface area contributed by atoms with Gasteiger partial charge in [0.15, 0.2) is 21.5 Å². The van der Waals surface area contributed by atoms with E-state index in [-0.39, 0.29) is 33.6 Å². The van der Waals surface area contributed by atoms with E-state index < -0.39 is 27.4 Å². The van der Waals surface area contributed by atoms with Crippen LogP contribution in [0, 0.1) is 17.6 Å². The van der Waals surface area contributed by atoms with Gasteiger partial charge in [0.1, 0.15) is 5.75 Å². The van der Waals surface area contributed by atoms with Gasteiger partial charge in [-0.25, -0.2) is 17.2 Å². The fraction of sp³-hybridized carbons (Fsp3) is 0.316. The number of halogens is 2. The maximum Gasteiger partial charge on any atom is 0.259 e. The molecule has 3 rings (SSSR count). The average molecular weight is 411 g/mol. The number of sulfone groups is 1. The van der Waals surface area contributed by atoms with Crippen LogP contribution >= 0.6 is 0 Å². The SMILES string of the molecule is COc1ccc(S(=O)(=O)C[C@H]2CCOC2)cc1C(=O)Nc1ccc(F)c(F)c1. The summed E-state index contributed by atoms with van der Waals surface area (Å²) in [5.41, 5.74) is -0.00158. The third-order valence-corrected chi connectivity index (χ3v) is 6.31. The van der Waals surface area contributed by atoms with Crippen LogP contribution in [-0.2, 0) is 14.6 Å². The highest BCUT2D eigenvalue weighted by atomic mass is 32.2. The Labute approximate surface area is 161 Å². The van der Waals surface area contributed by atoms with Crippen molar-refractivity contribution in [3.05, 3.63) is 53.6 Å². The van der Waals surface area contributed by atoms with E-state index >= 15 is 0 Å². The van der Waals surface area contributed by atoms with Gasteiger partial charge in [-0.3, -0.25) is 4.79 Å². The second-order valence-corrected chi connectivity index (χ2v) is 8.49. The van der Waals surface area contributed by atoms with Crippen molar-refractivity contribution < 1.29 is 31.5 Å². The van der Waals surface area contributed by atoms with Gasteiger partial charge in [0, 0.05) is 18.4 Å². The minimum absolute atomic E-state index is 0.0179. The first-order valence-corrected chi connectivity index (χ1v) is 10.2. The van der Waals surface area contributed by atoms with Gasteiger partial charge in [0.05, 0.1) is 29.9 Å². The highest BCUT2D eigenvalue weighted by molar-refractivity contribution is 7.91. The number of carbonyl (C=O) groups excluding carboxylic acids is 1. The highest BCUT2D eigenvalue weighted by Gasteiger charge is 2.26. The maximum atomic E-state index is 13.4. The molecule has 1 saturated heterocycles. The molecule has 28 heavy (non-hydrogen) atoms. The van der Waals surface area contributed by atoms with Crippen molar-refractivity contribution in [3.63, 3.8) is 0 Å². The summed E-state index contributed by atoms with van der Waals surface area (Å²) < 4.78 is 62.1. The number of carbonyl (C=O) groups is 1. The first-order valence-electron chi connectivity index (χ1n) is 8.55. The van der Waals surface area contributed by atoms with E-state index in [2.05, 4.69) is 5.32 Å². The smallest absolute Gasteiger partial charge is 0.259 e. The summed E-state index contributed by atoms with van der Waals surface area (Å²) in [5, 5.41) is 2.41. The zero-order chi connectivity index (χ0) is 20.3. The van der Waals surface area contributed by atoms with Crippen molar-refractivity contribution in [2.45, 2.75) is 11.3 Å². The molecule has 0 spiro atoms. The van der Waals surface area contributed by atoms with Crippen molar-refractivity contribution in [2.24, 2.45) is 5.92 Å². The van der Waals surface area contributed by atoms with Gasteiger partial charge in [-0.1, -0.05) is 0 Å². The Morgan fingerprint density at radius 2 is 2.00 bits per heavy atom. The monoisotopic (exact) mass is 411 g/mol. The molecule has 0 aliphatic carbocycles. The van der Waals surface area contributed by atoms with E-state index in [1.165, 1.54) is 31.4 Å². The Balaban J connectivity index is 1.87. The number of hydrogen-bond acceptors (Lipinski definition) is 5. The molecule has 9 heteroatoms. The van der Waals surface area contributed by atoms with Crippen LogP contribution in [0.4, 0.5) is 14.5 Å². The number of methoxy groups -OCH3 is 1. The minimum Gasteiger partial charge on any atom is -0.496 e. The molecule has 1 fully saturated rings. The van der Waals surface area contributed by atoms with Gasteiger partial charge in [-0.15, -0.1) is 0 Å². The molecule has 0 radical (unpaired) electrons. The quantitative estimate of drug-likeness (QED) is 0.790. The number of benzene rings is 2.